The second kappa shape index (κ2) is 6.43. The van der Waals surface area contributed by atoms with Gasteiger partial charge in [0, 0.05) is 17.0 Å². The lowest BCUT2D eigenvalue weighted by atomic mass is 9.92. The first-order valence-electron chi connectivity index (χ1n) is 5.84. The smallest absolute Gasteiger partial charge is 0.224 e. The van der Waals surface area contributed by atoms with E-state index in [0.717, 1.165) is 5.56 Å². The Morgan fingerprint density at radius 1 is 1.42 bits per heavy atom. The molecule has 6 heteroatoms. The first-order chi connectivity index (χ1) is 8.85. The summed E-state index contributed by atoms with van der Waals surface area (Å²) in [7, 11) is 0. The van der Waals surface area contributed by atoms with Crippen LogP contribution in [0.15, 0.2) is 29.4 Å². The van der Waals surface area contributed by atoms with Gasteiger partial charge in [-0.1, -0.05) is 42.7 Å². The Kier molecular flexibility index (Phi) is 5.18. The van der Waals surface area contributed by atoms with Crippen LogP contribution in [-0.4, -0.2) is 23.5 Å². The maximum atomic E-state index is 11.8. The van der Waals surface area contributed by atoms with Crippen LogP contribution in [0, 0.1) is 5.41 Å². The Balaban J connectivity index is 2.50. The standard InChI is InChI=1S/C13H18ClN3O2/c1-13(2,12(15)17-19)8-16-11(18)7-9-3-5-10(14)6-4-9/h3-6,19H,7-8H2,1-2H3,(H2,15,17)(H,16,18). The quantitative estimate of drug-likeness (QED) is 0.333. The van der Waals surface area contributed by atoms with Crippen molar-refractivity contribution in [3.8, 4) is 0 Å². The third-order valence-corrected chi connectivity index (χ3v) is 3.06. The number of nitrogens with zero attached hydrogens (tertiary/aromatic N) is 1. The molecule has 1 aromatic carbocycles. The van der Waals surface area contributed by atoms with Crippen molar-refractivity contribution in [3.05, 3.63) is 34.9 Å². The summed E-state index contributed by atoms with van der Waals surface area (Å²) in [4.78, 5) is 11.8. The topological polar surface area (TPSA) is 87.7 Å². The molecular formula is C13H18ClN3O2. The molecule has 0 unspecified atom stereocenters. The van der Waals surface area contributed by atoms with Crippen molar-refractivity contribution in [1.82, 2.24) is 5.32 Å². The molecule has 0 aliphatic rings. The average Bonchev–Trinajstić information content (AvgIpc) is 2.38. The molecule has 0 saturated carbocycles. The van der Waals surface area contributed by atoms with Gasteiger partial charge < -0.3 is 16.3 Å². The van der Waals surface area contributed by atoms with Crippen LogP contribution < -0.4 is 11.1 Å². The van der Waals surface area contributed by atoms with E-state index in [-0.39, 0.29) is 18.2 Å². The minimum Gasteiger partial charge on any atom is -0.409 e. The van der Waals surface area contributed by atoms with Crippen LogP contribution in [0.2, 0.25) is 5.02 Å². The van der Waals surface area contributed by atoms with Gasteiger partial charge in [0.1, 0.15) is 5.84 Å². The molecular weight excluding hydrogens is 266 g/mol. The Labute approximate surface area is 117 Å². The summed E-state index contributed by atoms with van der Waals surface area (Å²) in [6.45, 7) is 3.87. The van der Waals surface area contributed by atoms with E-state index in [1.165, 1.54) is 0 Å². The number of benzene rings is 1. The number of hydrogen-bond acceptors (Lipinski definition) is 3. The number of carbonyl (C=O) groups is 1. The molecule has 1 amide bonds. The summed E-state index contributed by atoms with van der Waals surface area (Å²) in [6, 6.07) is 7.09. The van der Waals surface area contributed by atoms with Crippen molar-refractivity contribution in [1.29, 1.82) is 0 Å². The minimum absolute atomic E-state index is 0.0827. The highest BCUT2D eigenvalue weighted by Crippen LogP contribution is 2.14. The summed E-state index contributed by atoms with van der Waals surface area (Å²) in [5.74, 6) is -0.0413. The van der Waals surface area contributed by atoms with Crippen LogP contribution in [0.3, 0.4) is 0 Å². The van der Waals surface area contributed by atoms with E-state index in [1.54, 1.807) is 38.1 Å². The van der Waals surface area contributed by atoms with Crippen LogP contribution in [0.4, 0.5) is 0 Å². The molecule has 1 aromatic rings. The minimum atomic E-state index is -0.593. The zero-order valence-electron chi connectivity index (χ0n) is 11.0. The molecule has 19 heavy (non-hydrogen) atoms. The number of nitrogens with one attached hydrogen (secondary N) is 1. The van der Waals surface area contributed by atoms with Crippen LogP contribution in [0.5, 0.6) is 0 Å². The van der Waals surface area contributed by atoms with Gasteiger partial charge in [0.2, 0.25) is 5.91 Å². The molecule has 0 radical (unpaired) electrons. The van der Waals surface area contributed by atoms with Crippen molar-refractivity contribution in [2.24, 2.45) is 16.3 Å². The summed E-state index contributed by atoms with van der Waals surface area (Å²) in [5.41, 5.74) is 5.83. The molecule has 0 atom stereocenters. The molecule has 0 heterocycles. The summed E-state index contributed by atoms with van der Waals surface area (Å²) in [5, 5.41) is 15.0. The molecule has 0 aliphatic carbocycles. The number of hydrogen-bond donors (Lipinski definition) is 3. The normalized spacial score (nSPS) is 12.3. The number of oxime groups is 1. The molecule has 1 rings (SSSR count). The first kappa shape index (κ1) is 15.3. The Morgan fingerprint density at radius 2 is 2.00 bits per heavy atom. The Bertz CT molecular complexity index is 469. The number of rotatable bonds is 5. The van der Waals surface area contributed by atoms with Gasteiger partial charge in [-0.2, -0.15) is 0 Å². The molecule has 0 bridgehead atoms. The Morgan fingerprint density at radius 3 is 2.53 bits per heavy atom. The van der Waals surface area contributed by atoms with E-state index in [9.17, 15) is 4.79 Å². The monoisotopic (exact) mass is 283 g/mol. The second-order valence-electron chi connectivity index (χ2n) is 4.95. The largest absolute Gasteiger partial charge is 0.409 e. The highest BCUT2D eigenvalue weighted by atomic mass is 35.5. The molecule has 0 fully saturated rings. The molecule has 0 spiro atoms. The predicted octanol–water partition coefficient (Wildman–Crippen LogP) is 1.77. The van der Waals surface area contributed by atoms with Gasteiger partial charge in [-0.25, -0.2) is 0 Å². The number of nitrogens with two attached hydrogens (primary N) is 1. The lowest BCUT2D eigenvalue weighted by molar-refractivity contribution is -0.120. The molecule has 0 saturated heterocycles. The molecule has 5 nitrogen and oxygen atoms in total. The third kappa shape index (κ3) is 4.79. The molecule has 104 valence electrons. The summed E-state index contributed by atoms with van der Waals surface area (Å²) in [6.07, 6.45) is 0.267. The SMILES string of the molecule is CC(C)(CNC(=O)Cc1ccc(Cl)cc1)/C(N)=N/O. The van der Waals surface area contributed by atoms with Crippen LogP contribution in [-0.2, 0) is 11.2 Å². The number of carbonyl (C=O) groups excluding carboxylic acids is 1. The van der Waals surface area contributed by atoms with E-state index < -0.39 is 5.41 Å². The number of halogens is 1. The fourth-order valence-corrected chi connectivity index (χ4v) is 1.52. The van der Waals surface area contributed by atoms with Crippen molar-refractivity contribution < 1.29 is 10.0 Å². The third-order valence-electron chi connectivity index (χ3n) is 2.81. The lowest BCUT2D eigenvalue weighted by Crippen LogP contribution is -2.43. The zero-order valence-corrected chi connectivity index (χ0v) is 11.7. The highest BCUT2D eigenvalue weighted by molar-refractivity contribution is 6.30. The van der Waals surface area contributed by atoms with E-state index in [4.69, 9.17) is 22.5 Å². The maximum absolute atomic E-state index is 11.8. The van der Waals surface area contributed by atoms with Crippen molar-refractivity contribution in [2.75, 3.05) is 6.54 Å². The summed E-state index contributed by atoms with van der Waals surface area (Å²) >= 11 is 5.77. The average molecular weight is 284 g/mol. The number of amides is 1. The van der Waals surface area contributed by atoms with Gasteiger partial charge in [-0.15, -0.1) is 0 Å². The molecule has 0 aromatic heterocycles. The highest BCUT2D eigenvalue weighted by Gasteiger charge is 2.24. The van der Waals surface area contributed by atoms with E-state index in [1.807, 2.05) is 0 Å². The molecule has 4 N–H and O–H groups in total. The van der Waals surface area contributed by atoms with Gasteiger partial charge >= 0.3 is 0 Å². The van der Waals surface area contributed by atoms with Crippen molar-refractivity contribution >= 4 is 23.3 Å². The van der Waals surface area contributed by atoms with E-state index >= 15 is 0 Å². The Hall–Kier alpha value is -1.75. The van der Waals surface area contributed by atoms with Gasteiger partial charge in [0.25, 0.3) is 0 Å². The number of amidine groups is 1. The maximum Gasteiger partial charge on any atom is 0.224 e. The van der Waals surface area contributed by atoms with Crippen LogP contribution in [0.25, 0.3) is 0 Å². The first-order valence-corrected chi connectivity index (χ1v) is 6.22. The van der Waals surface area contributed by atoms with Gasteiger partial charge in [0.15, 0.2) is 0 Å². The van der Waals surface area contributed by atoms with Crippen molar-refractivity contribution in [3.63, 3.8) is 0 Å². The van der Waals surface area contributed by atoms with E-state index in [2.05, 4.69) is 10.5 Å². The van der Waals surface area contributed by atoms with Crippen LogP contribution >= 0.6 is 11.6 Å². The van der Waals surface area contributed by atoms with Crippen LogP contribution in [0.1, 0.15) is 19.4 Å². The lowest BCUT2D eigenvalue weighted by Gasteiger charge is -2.23. The van der Waals surface area contributed by atoms with E-state index in [0.29, 0.717) is 11.6 Å². The second-order valence-corrected chi connectivity index (χ2v) is 5.39. The summed E-state index contributed by atoms with van der Waals surface area (Å²) < 4.78 is 0. The fourth-order valence-electron chi connectivity index (χ4n) is 1.40. The van der Waals surface area contributed by atoms with Gasteiger partial charge in [0.05, 0.1) is 6.42 Å². The van der Waals surface area contributed by atoms with Gasteiger partial charge in [-0.3, -0.25) is 4.79 Å². The molecule has 0 aliphatic heterocycles. The zero-order chi connectivity index (χ0) is 14.5. The van der Waals surface area contributed by atoms with Gasteiger partial charge in [-0.05, 0) is 17.7 Å². The fraction of sp³-hybridized carbons (Fsp3) is 0.385. The van der Waals surface area contributed by atoms with Crippen molar-refractivity contribution in [2.45, 2.75) is 20.3 Å². The predicted molar refractivity (Wildman–Crippen MR) is 75.4 cm³/mol.